The first kappa shape index (κ1) is 32.4. The topological polar surface area (TPSA) is 341 Å². The second kappa shape index (κ2) is 12.6. The van der Waals surface area contributed by atoms with Crippen LogP contribution in [0.5, 0.6) is 0 Å². The molecular weight excluding hydrogens is 662 g/mol. The Morgan fingerprint density at radius 2 is 1.65 bits per heavy atom. The smallest absolute Gasteiger partial charge is 0.394 e. The Labute approximate surface area is 256 Å². The van der Waals surface area contributed by atoms with Gasteiger partial charge in [-0.05, 0) is 4.57 Å². The first-order chi connectivity index (χ1) is 21.9. The van der Waals surface area contributed by atoms with Gasteiger partial charge in [-0.3, -0.25) is 28.0 Å². The van der Waals surface area contributed by atoms with Gasteiger partial charge in [0.15, 0.2) is 35.1 Å². The molecule has 2 saturated heterocycles. The molecule has 25 heteroatoms. The van der Waals surface area contributed by atoms with Gasteiger partial charge in [-0.25, -0.2) is 24.5 Å². The molecule has 0 radical (unpaired) electrons. The number of hydrogen-bond donors (Lipinski definition) is 8. The summed E-state index contributed by atoms with van der Waals surface area (Å²) in [7, 11) is -7.91. The SMILES string of the molecule is Nc1nc2c(ncn2[C@@H]2O[C@H](CO)C(OP(=O)(O)OC[C@H]3O[C@@H](n4cnc5c(N)ncnc54)C(O)C3OC[P+](=O)O)C2O)c(=O)[nH]1. The Morgan fingerprint density at radius 3 is 2.35 bits per heavy atom. The van der Waals surface area contributed by atoms with Gasteiger partial charge in [-0.1, -0.05) is 0 Å². The number of hydrogen-bond acceptors (Lipinski definition) is 18. The molecule has 0 saturated carbocycles. The second-order valence-electron chi connectivity index (χ2n) is 10.1. The number of phosphoric acid groups is 1. The molecule has 10 N–H and O–H groups in total. The number of anilines is 2. The van der Waals surface area contributed by atoms with Crippen LogP contribution in [0.1, 0.15) is 12.5 Å². The van der Waals surface area contributed by atoms with E-state index in [0.29, 0.717) is 0 Å². The third-order valence-corrected chi connectivity index (χ3v) is 8.57. The van der Waals surface area contributed by atoms with E-state index in [-0.39, 0.29) is 34.1 Å². The van der Waals surface area contributed by atoms with Crippen molar-refractivity contribution in [1.29, 1.82) is 0 Å². The molecule has 4 aromatic rings. The van der Waals surface area contributed by atoms with Crippen LogP contribution in [-0.2, 0) is 32.4 Å². The van der Waals surface area contributed by atoms with E-state index in [2.05, 4.69) is 29.9 Å². The van der Waals surface area contributed by atoms with Crippen LogP contribution in [0.2, 0.25) is 0 Å². The highest BCUT2D eigenvalue weighted by Crippen LogP contribution is 2.49. The zero-order chi connectivity index (χ0) is 32.9. The lowest BCUT2D eigenvalue weighted by Crippen LogP contribution is -2.37. The molecule has 46 heavy (non-hydrogen) atoms. The maximum Gasteiger partial charge on any atom is 0.534 e. The van der Waals surface area contributed by atoms with Gasteiger partial charge >= 0.3 is 15.9 Å². The predicted octanol–water partition coefficient (Wildman–Crippen LogP) is -2.79. The van der Waals surface area contributed by atoms with Crippen molar-refractivity contribution < 1.29 is 57.5 Å². The summed E-state index contributed by atoms with van der Waals surface area (Å²) >= 11 is 0. The fraction of sp³-hybridized carbons (Fsp3) is 0.524. The highest BCUT2D eigenvalue weighted by molar-refractivity contribution is 7.47. The van der Waals surface area contributed by atoms with Crippen LogP contribution in [-0.4, -0.2) is 120 Å². The number of aromatic nitrogens is 8. The maximum atomic E-state index is 13.1. The lowest BCUT2D eigenvalue weighted by molar-refractivity contribution is -0.0622. The first-order valence-corrected chi connectivity index (χ1v) is 16.1. The van der Waals surface area contributed by atoms with Crippen molar-refractivity contribution in [2.45, 2.75) is 49.1 Å². The summed E-state index contributed by atoms with van der Waals surface area (Å²) in [5, 5.41) is 31.9. The number of nitrogens with two attached hydrogens (primary N) is 2. The number of nitrogens with zero attached hydrogens (tertiary/aromatic N) is 7. The molecule has 6 heterocycles. The maximum absolute atomic E-state index is 13.1. The van der Waals surface area contributed by atoms with Crippen LogP contribution in [0.15, 0.2) is 23.8 Å². The van der Waals surface area contributed by atoms with Gasteiger partial charge in [0.05, 0.1) is 25.9 Å². The molecule has 23 nitrogen and oxygen atoms in total. The van der Waals surface area contributed by atoms with Gasteiger partial charge in [0, 0.05) is 0 Å². The molecule has 6 rings (SSSR count). The van der Waals surface area contributed by atoms with Gasteiger partial charge in [0.1, 0.15) is 48.5 Å². The minimum absolute atomic E-state index is 0.0522. The number of aliphatic hydroxyl groups is 3. The number of imidazole rings is 2. The fourth-order valence-electron chi connectivity index (χ4n) is 5.20. The Hall–Kier alpha value is -3.57. The molecule has 248 valence electrons. The number of aromatic amines is 1. The number of nitrogens with one attached hydrogen (secondary N) is 1. The molecule has 2 aliphatic heterocycles. The molecule has 4 aromatic heterocycles. The van der Waals surface area contributed by atoms with Crippen molar-refractivity contribution in [2.24, 2.45) is 0 Å². The number of nitrogen functional groups attached to an aromatic ring is 2. The first-order valence-electron chi connectivity index (χ1n) is 13.2. The standard InChI is InChI=1S/C21H26N10O13P2/c22-15-9-16(25-3-24-15)30(4-26-9)19-11(33)13(40-6-45(36)37)8(43-19)2-41-46(38,39)44-14-7(1-32)42-20(12(14)34)31-5-27-10-17(31)28-21(23)29-18(10)35/h3-5,7-8,11-14,19-20,32-34H,1-2,6H2,(H6-,22,23,24,25,28,29,35,36,37,38,39)/p+1/t7-,8-,11?,12?,13?,14?,19-,20-/m1/s1. The van der Waals surface area contributed by atoms with E-state index in [1.54, 1.807) is 0 Å². The van der Waals surface area contributed by atoms with Crippen LogP contribution in [0.25, 0.3) is 22.3 Å². The summed E-state index contributed by atoms with van der Waals surface area (Å²) in [6.45, 7) is -1.55. The van der Waals surface area contributed by atoms with Gasteiger partial charge in [-0.2, -0.15) is 9.88 Å². The second-order valence-corrected chi connectivity index (χ2v) is 12.5. The summed E-state index contributed by atoms with van der Waals surface area (Å²) in [4.78, 5) is 54.2. The largest absolute Gasteiger partial charge is 0.534 e. The molecule has 10 atom stereocenters. The molecule has 6 unspecified atom stereocenters. The summed E-state index contributed by atoms with van der Waals surface area (Å²) in [6, 6.07) is 0. The number of aliphatic hydroxyl groups excluding tert-OH is 3. The molecule has 0 spiro atoms. The molecule has 0 bridgehead atoms. The summed E-state index contributed by atoms with van der Waals surface area (Å²) in [5.41, 5.74) is 10.9. The van der Waals surface area contributed by atoms with E-state index >= 15 is 0 Å². The third-order valence-electron chi connectivity index (χ3n) is 7.22. The van der Waals surface area contributed by atoms with Gasteiger partial charge in [-0.15, -0.1) is 0 Å². The van der Waals surface area contributed by atoms with Crippen molar-refractivity contribution in [2.75, 3.05) is 31.0 Å². The average molecular weight is 689 g/mol. The molecule has 0 aromatic carbocycles. The summed E-state index contributed by atoms with van der Waals surface area (Å²) in [6.07, 6.45) is -8.79. The molecule has 2 fully saturated rings. The van der Waals surface area contributed by atoms with Gasteiger partial charge in [0.25, 0.3) is 11.9 Å². The molecule has 2 aliphatic rings. The van der Waals surface area contributed by atoms with Crippen LogP contribution < -0.4 is 17.0 Å². The lowest BCUT2D eigenvalue weighted by Gasteiger charge is -2.24. The Morgan fingerprint density at radius 1 is 1.00 bits per heavy atom. The zero-order valence-electron chi connectivity index (χ0n) is 23.2. The lowest BCUT2D eigenvalue weighted by atomic mass is 10.1. The number of phosphoric ester groups is 1. The molecule has 0 aliphatic carbocycles. The summed E-state index contributed by atoms with van der Waals surface area (Å²) in [5.74, 6) is -0.198. The molecular formula is C21H27N10O13P2+. The van der Waals surface area contributed by atoms with Gasteiger partial charge < -0.3 is 45.9 Å². The van der Waals surface area contributed by atoms with Crippen molar-refractivity contribution >= 4 is 49.9 Å². The Bertz CT molecular complexity index is 1870. The Balaban J connectivity index is 1.18. The zero-order valence-corrected chi connectivity index (χ0v) is 24.9. The monoisotopic (exact) mass is 689 g/mol. The predicted molar refractivity (Wildman–Crippen MR) is 149 cm³/mol. The number of fused-ring (bicyclic) bond motifs is 2. The highest BCUT2D eigenvalue weighted by atomic mass is 31.2. The number of rotatable bonds is 11. The van der Waals surface area contributed by atoms with E-state index in [9.17, 15) is 39.0 Å². The molecule has 0 amide bonds. The van der Waals surface area contributed by atoms with Crippen LogP contribution in [0, 0.1) is 0 Å². The third kappa shape index (κ3) is 5.99. The minimum Gasteiger partial charge on any atom is -0.394 e. The van der Waals surface area contributed by atoms with Crippen molar-refractivity contribution in [1.82, 2.24) is 39.0 Å². The normalized spacial score (nSPS) is 29.9. The van der Waals surface area contributed by atoms with E-state index < -0.39 is 90.1 Å². The van der Waals surface area contributed by atoms with E-state index in [4.69, 9.17) is 34.7 Å². The van der Waals surface area contributed by atoms with E-state index in [1.165, 1.54) is 10.9 Å². The Kier molecular flexibility index (Phi) is 8.84. The van der Waals surface area contributed by atoms with Crippen molar-refractivity contribution in [3.8, 4) is 0 Å². The van der Waals surface area contributed by atoms with E-state index in [1.807, 2.05) is 0 Å². The van der Waals surface area contributed by atoms with E-state index in [0.717, 1.165) is 17.2 Å². The minimum atomic E-state index is -5.11. The van der Waals surface area contributed by atoms with Crippen LogP contribution in [0.3, 0.4) is 0 Å². The summed E-state index contributed by atoms with van der Waals surface area (Å²) < 4.78 is 54.1. The average Bonchev–Trinajstić information content (AvgIpc) is 3.76. The van der Waals surface area contributed by atoms with Crippen LogP contribution in [0.4, 0.5) is 11.8 Å². The van der Waals surface area contributed by atoms with Gasteiger partial charge in [0.2, 0.25) is 5.95 Å². The number of ether oxygens (including phenoxy) is 3. The number of H-pyrrole nitrogens is 1. The fourth-order valence-corrected chi connectivity index (χ4v) is 6.47. The highest BCUT2D eigenvalue weighted by Gasteiger charge is 2.51. The van der Waals surface area contributed by atoms with Crippen molar-refractivity contribution in [3.63, 3.8) is 0 Å². The van der Waals surface area contributed by atoms with Crippen LogP contribution >= 0.6 is 15.9 Å². The quantitative estimate of drug-likeness (QED) is 0.0738. The van der Waals surface area contributed by atoms with Crippen molar-refractivity contribution in [3.05, 3.63) is 29.3 Å².